The summed E-state index contributed by atoms with van der Waals surface area (Å²) in [7, 11) is 0. The van der Waals surface area contributed by atoms with Crippen LogP contribution in [0.1, 0.15) is 0 Å². The van der Waals surface area contributed by atoms with Crippen LogP contribution >= 0.6 is 0 Å². The molecule has 0 bridgehead atoms. The number of furan rings is 1. The SMILES string of the molecule is c1ccc(-c2cccc3c(-c4ccc5c(c4)oc4ccccc45)c4cccc(-c5cccc6ccccc56)c4cc23)cc1. The quantitative estimate of drug-likeness (QED) is 0.201. The van der Waals surface area contributed by atoms with Crippen molar-refractivity contribution in [3.05, 3.63) is 158 Å². The standard InChI is InChI=1S/C42H26O/c1-2-11-27(12-3-1)31-17-9-20-36-38(31)26-39-33(32-18-8-14-28-13-4-5-15-30(28)32)19-10-21-37(39)42(36)29-23-24-35-34-16-6-7-22-40(34)43-41(35)25-29/h1-26H. The number of rotatable bonds is 3. The zero-order valence-corrected chi connectivity index (χ0v) is 23.4. The Morgan fingerprint density at radius 3 is 1.72 bits per heavy atom. The zero-order valence-electron chi connectivity index (χ0n) is 23.4. The summed E-state index contributed by atoms with van der Waals surface area (Å²) in [6, 6.07) is 56.9. The predicted molar refractivity (Wildman–Crippen MR) is 183 cm³/mol. The third-order valence-electron chi connectivity index (χ3n) is 8.87. The van der Waals surface area contributed by atoms with E-state index in [0.29, 0.717) is 0 Å². The first-order chi connectivity index (χ1) is 21.3. The van der Waals surface area contributed by atoms with Gasteiger partial charge in [0.25, 0.3) is 0 Å². The molecule has 9 rings (SSSR count). The lowest BCUT2D eigenvalue weighted by atomic mass is 9.85. The normalized spacial score (nSPS) is 11.7. The summed E-state index contributed by atoms with van der Waals surface area (Å²) in [6.45, 7) is 0. The molecule has 1 heteroatoms. The summed E-state index contributed by atoms with van der Waals surface area (Å²) in [5.74, 6) is 0. The van der Waals surface area contributed by atoms with Crippen LogP contribution in [0.5, 0.6) is 0 Å². The summed E-state index contributed by atoms with van der Waals surface area (Å²) in [4.78, 5) is 0. The number of fused-ring (bicyclic) bond motifs is 6. The van der Waals surface area contributed by atoms with Crippen LogP contribution in [0, 0.1) is 0 Å². The van der Waals surface area contributed by atoms with Gasteiger partial charge in [0.2, 0.25) is 0 Å². The smallest absolute Gasteiger partial charge is 0.136 e. The second kappa shape index (κ2) is 9.44. The van der Waals surface area contributed by atoms with E-state index in [4.69, 9.17) is 4.42 Å². The van der Waals surface area contributed by atoms with Crippen LogP contribution in [-0.2, 0) is 0 Å². The number of hydrogen-bond donors (Lipinski definition) is 0. The molecule has 43 heavy (non-hydrogen) atoms. The minimum absolute atomic E-state index is 0.910. The number of para-hydroxylation sites is 1. The Hall–Kier alpha value is -5.66. The molecular formula is C42H26O. The molecule has 200 valence electrons. The molecule has 1 nitrogen and oxygen atoms in total. The highest BCUT2D eigenvalue weighted by molar-refractivity contribution is 6.20. The van der Waals surface area contributed by atoms with Crippen LogP contribution in [0.3, 0.4) is 0 Å². The average Bonchev–Trinajstić information content (AvgIpc) is 3.45. The summed E-state index contributed by atoms with van der Waals surface area (Å²) >= 11 is 0. The fraction of sp³-hybridized carbons (Fsp3) is 0. The van der Waals surface area contributed by atoms with Gasteiger partial charge < -0.3 is 4.42 Å². The fourth-order valence-corrected chi connectivity index (χ4v) is 6.92. The first kappa shape index (κ1) is 24.0. The van der Waals surface area contributed by atoms with E-state index < -0.39 is 0 Å². The molecular weight excluding hydrogens is 520 g/mol. The molecule has 1 heterocycles. The van der Waals surface area contributed by atoms with E-state index in [-0.39, 0.29) is 0 Å². The molecule has 0 fully saturated rings. The molecule has 0 unspecified atom stereocenters. The van der Waals surface area contributed by atoms with Gasteiger partial charge in [-0.15, -0.1) is 0 Å². The van der Waals surface area contributed by atoms with E-state index in [1.807, 2.05) is 12.1 Å². The van der Waals surface area contributed by atoms with Gasteiger partial charge in [-0.05, 0) is 90.0 Å². The van der Waals surface area contributed by atoms with Crippen LogP contribution in [0.2, 0.25) is 0 Å². The zero-order chi connectivity index (χ0) is 28.3. The van der Waals surface area contributed by atoms with Gasteiger partial charge in [-0.25, -0.2) is 0 Å². The van der Waals surface area contributed by atoms with Crippen molar-refractivity contribution < 1.29 is 4.42 Å². The van der Waals surface area contributed by atoms with Crippen LogP contribution in [0.4, 0.5) is 0 Å². The van der Waals surface area contributed by atoms with Crippen molar-refractivity contribution in [2.45, 2.75) is 0 Å². The highest BCUT2D eigenvalue weighted by atomic mass is 16.3. The van der Waals surface area contributed by atoms with E-state index in [0.717, 1.165) is 27.5 Å². The third kappa shape index (κ3) is 3.72. The Morgan fingerprint density at radius 1 is 0.302 bits per heavy atom. The second-order valence-corrected chi connectivity index (χ2v) is 11.3. The van der Waals surface area contributed by atoms with Crippen molar-refractivity contribution >= 4 is 54.3 Å². The van der Waals surface area contributed by atoms with Crippen LogP contribution in [0.15, 0.2) is 162 Å². The van der Waals surface area contributed by atoms with Crippen LogP contribution in [-0.4, -0.2) is 0 Å². The molecule has 0 aliphatic carbocycles. The highest BCUT2D eigenvalue weighted by Crippen LogP contribution is 2.45. The third-order valence-corrected chi connectivity index (χ3v) is 8.87. The van der Waals surface area contributed by atoms with Gasteiger partial charge in [-0.3, -0.25) is 0 Å². The van der Waals surface area contributed by atoms with Crippen molar-refractivity contribution in [2.75, 3.05) is 0 Å². The van der Waals surface area contributed by atoms with Crippen molar-refractivity contribution in [1.29, 1.82) is 0 Å². The Morgan fingerprint density at radius 2 is 0.884 bits per heavy atom. The Bertz CT molecular complexity index is 2490. The summed E-state index contributed by atoms with van der Waals surface area (Å²) in [5, 5.41) is 9.76. The largest absolute Gasteiger partial charge is 0.456 e. The molecule has 0 atom stereocenters. The summed E-state index contributed by atoms with van der Waals surface area (Å²) in [6.07, 6.45) is 0. The van der Waals surface area contributed by atoms with E-state index in [1.165, 1.54) is 60.1 Å². The van der Waals surface area contributed by atoms with E-state index >= 15 is 0 Å². The van der Waals surface area contributed by atoms with Gasteiger partial charge in [0, 0.05) is 10.8 Å². The monoisotopic (exact) mass is 546 g/mol. The van der Waals surface area contributed by atoms with Crippen molar-refractivity contribution in [2.24, 2.45) is 0 Å². The van der Waals surface area contributed by atoms with Gasteiger partial charge in [-0.1, -0.05) is 133 Å². The molecule has 0 amide bonds. The average molecular weight is 547 g/mol. The van der Waals surface area contributed by atoms with E-state index in [1.54, 1.807) is 0 Å². The molecule has 0 N–H and O–H groups in total. The van der Waals surface area contributed by atoms with Gasteiger partial charge in [0.1, 0.15) is 11.2 Å². The van der Waals surface area contributed by atoms with Crippen molar-refractivity contribution in [3.63, 3.8) is 0 Å². The Kier molecular flexibility index (Phi) is 5.27. The number of benzene rings is 8. The summed E-state index contributed by atoms with van der Waals surface area (Å²) in [5.41, 5.74) is 9.16. The van der Waals surface area contributed by atoms with Gasteiger partial charge in [0.15, 0.2) is 0 Å². The molecule has 0 aliphatic heterocycles. The second-order valence-electron chi connectivity index (χ2n) is 11.3. The van der Waals surface area contributed by atoms with Crippen LogP contribution < -0.4 is 0 Å². The lowest BCUT2D eigenvalue weighted by Crippen LogP contribution is -1.91. The summed E-state index contributed by atoms with van der Waals surface area (Å²) < 4.78 is 6.37. The van der Waals surface area contributed by atoms with Gasteiger partial charge in [0.05, 0.1) is 0 Å². The maximum absolute atomic E-state index is 6.37. The minimum atomic E-state index is 0.910. The Balaban J connectivity index is 1.42. The topological polar surface area (TPSA) is 13.1 Å². The lowest BCUT2D eigenvalue weighted by Gasteiger charge is -2.18. The van der Waals surface area contributed by atoms with Crippen molar-refractivity contribution in [3.8, 4) is 33.4 Å². The molecule has 1 aromatic heterocycles. The van der Waals surface area contributed by atoms with Crippen molar-refractivity contribution in [1.82, 2.24) is 0 Å². The maximum atomic E-state index is 6.37. The maximum Gasteiger partial charge on any atom is 0.136 e. The van der Waals surface area contributed by atoms with Crippen LogP contribution in [0.25, 0.3) is 87.6 Å². The molecule has 0 radical (unpaired) electrons. The molecule has 8 aromatic carbocycles. The van der Waals surface area contributed by atoms with E-state index in [2.05, 4.69) is 146 Å². The highest BCUT2D eigenvalue weighted by Gasteiger charge is 2.18. The Labute approximate surface area is 249 Å². The molecule has 0 aliphatic rings. The van der Waals surface area contributed by atoms with Gasteiger partial charge >= 0.3 is 0 Å². The lowest BCUT2D eigenvalue weighted by molar-refractivity contribution is 0.669. The molecule has 0 spiro atoms. The predicted octanol–water partition coefficient (Wildman–Crippen LogP) is 12.0. The number of hydrogen-bond acceptors (Lipinski definition) is 1. The fourth-order valence-electron chi connectivity index (χ4n) is 6.92. The van der Waals surface area contributed by atoms with E-state index in [9.17, 15) is 0 Å². The first-order valence-corrected chi connectivity index (χ1v) is 14.8. The molecule has 0 saturated carbocycles. The first-order valence-electron chi connectivity index (χ1n) is 14.8. The molecule has 0 saturated heterocycles. The minimum Gasteiger partial charge on any atom is -0.456 e. The van der Waals surface area contributed by atoms with Gasteiger partial charge in [-0.2, -0.15) is 0 Å². The molecule has 9 aromatic rings.